The number of carbonyl (C=O) groups excluding carboxylic acids is 2. The van der Waals surface area contributed by atoms with E-state index in [1.165, 1.54) is 0 Å². The highest BCUT2D eigenvalue weighted by Crippen LogP contribution is 2.10. The van der Waals surface area contributed by atoms with Gasteiger partial charge in [0.2, 0.25) is 11.8 Å². The molecule has 0 aliphatic carbocycles. The molecular formula is C14H25NO6. The molecule has 0 N–H and O–H groups in total. The van der Waals surface area contributed by atoms with Crippen molar-refractivity contribution in [3.63, 3.8) is 0 Å². The molecule has 0 radical (unpaired) electrons. The smallest absolute Gasteiger partial charge is 0.231 e. The number of hydrogen-bond acceptors (Lipinski definition) is 6. The molecule has 0 aromatic rings. The Morgan fingerprint density at radius 3 is 1.67 bits per heavy atom. The predicted octanol–water partition coefficient (Wildman–Crippen LogP) is 0.569. The van der Waals surface area contributed by atoms with Crippen molar-refractivity contribution in [1.29, 1.82) is 0 Å². The molecule has 1 rings (SSSR count). The van der Waals surface area contributed by atoms with Crippen LogP contribution in [0.15, 0.2) is 0 Å². The van der Waals surface area contributed by atoms with Gasteiger partial charge in [0.05, 0.1) is 39.6 Å². The van der Waals surface area contributed by atoms with Crippen molar-refractivity contribution >= 4 is 11.8 Å². The van der Waals surface area contributed by atoms with E-state index in [0.717, 1.165) is 17.9 Å². The van der Waals surface area contributed by atoms with E-state index >= 15 is 0 Å². The second-order valence-electron chi connectivity index (χ2n) is 4.59. The summed E-state index contributed by atoms with van der Waals surface area (Å²) >= 11 is 0. The van der Waals surface area contributed by atoms with Crippen LogP contribution in [0.4, 0.5) is 0 Å². The van der Waals surface area contributed by atoms with Crippen LogP contribution in [0.25, 0.3) is 0 Å². The monoisotopic (exact) mass is 303 g/mol. The quantitative estimate of drug-likeness (QED) is 0.366. The first-order valence-electron chi connectivity index (χ1n) is 7.40. The van der Waals surface area contributed by atoms with Crippen LogP contribution in [0, 0.1) is 0 Å². The third-order valence-electron chi connectivity index (χ3n) is 2.84. The SMILES string of the molecule is CCCOCCOCCOCCOCN1C(=O)CCC1=O. The number of hydrogen-bond donors (Lipinski definition) is 0. The standard InChI is InChI=1S/C14H25NO6/c1-2-5-18-6-7-19-8-9-20-10-11-21-12-15-13(16)3-4-14(15)17/h2-12H2,1H3. The summed E-state index contributed by atoms with van der Waals surface area (Å²) < 4.78 is 21.1. The fraction of sp³-hybridized carbons (Fsp3) is 0.857. The predicted molar refractivity (Wildman–Crippen MR) is 74.7 cm³/mol. The van der Waals surface area contributed by atoms with Crippen LogP contribution < -0.4 is 0 Å². The van der Waals surface area contributed by atoms with Gasteiger partial charge in [0, 0.05) is 19.4 Å². The van der Waals surface area contributed by atoms with Crippen LogP contribution in [-0.2, 0) is 28.5 Å². The Bertz CT molecular complexity index is 294. The number of ether oxygens (including phenoxy) is 4. The van der Waals surface area contributed by atoms with Gasteiger partial charge in [-0.25, -0.2) is 0 Å². The molecule has 0 spiro atoms. The zero-order valence-corrected chi connectivity index (χ0v) is 12.7. The summed E-state index contributed by atoms with van der Waals surface area (Å²) in [4.78, 5) is 23.7. The Kier molecular flexibility index (Phi) is 9.98. The van der Waals surface area contributed by atoms with Crippen LogP contribution in [-0.4, -0.2) is 69.7 Å². The number of amides is 2. The molecule has 2 amide bonds. The maximum atomic E-state index is 11.3. The Morgan fingerprint density at radius 2 is 1.19 bits per heavy atom. The number of likely N-dealkylation sites (tertiary alicyclic amines) is 1. The van der Waals surface area contributed by atoms with Crippen molar-refractivity contribution in [2.75, 3.05) is 53.0 Å². The van der Waals surface area contributed by atoms with Crippen molar-refractivity contribution in [2.24, 2.45) is 0 Å². The van der Waals surface area contributed by atoms with Crippen LogP contribution in [0.1, 0.15) is 26.2 Å². The summed E-state index contributed by atoms with van der Waals surface area (Å²) in [5, 5.41) is 0. The highest BCUT2D eigenvalue weighted by Gasteiger charge is 2.28. The Balaban J connectivity index is 1.80. The van der Waals surface area contributed by atoms with Gasteiger partial charge < -0.3 is 18.9 Å². The summed E-state index contributed by atoms with van der Waals surface area (Å²) in [6.07, 6.45) is 1.59. The molecule has 0 bridgehead atoms. The molecular weight excluding hydrogens is 278 g/mol. The van der Waals surface area contributed by atoms with E-state index in [9.17, 15) is 9.59 Å². The largest absolute Gasteiger partial charge is 0.379 e. The second-order valence-corrected chi connectivity index (χ2v) is 4.59. The zero-order valence-electron chi connectivity index (χ0n) is 12.7. The molecule has 0 atom stereocenters. The highest BCUT2D eigenvalue weighted by molar-refractivity contribution is 6.01. The van der Waals surface area contributed by atoms with E-state index in [4.69, 9.17) is 18.9 Å². The maximum absolute atomic E-state index is 11.3. The van der Waals surface area contributed by atoms with Gasteiger partial charge in [-0.3, -0.25) is 14.5 Å². The molecule has 0 aromatic carbocycles. The minimum absolute atomic E-state index is 0.0201. The normalized spacial score (nSPS) is 15.2. The summed E-state index contributed by atoms with van der Waals surface area (Å²) in [6, 6.07) is 0. The van der Waals surface area contributed by atoms with Gasteiger partial charge in [-0.15, -0.1) is 0 Å². The molecule has 21 heavy (non-hydrogen) atoms. The Labute approximate surface area is 125 Å². The van der Waals surface area contributed by atoms with Crippen molar-refractivity contribution in [1.82, 2.24) is 4.90 Å². The van der Waals surface area contributed by atoms with Crippen LogP contribution in [0.3, 0.4) is 0 Å². The number of nitrogens with zero attached hydrogens (tertiary/aromatic N) is 1. The third-order valence-corrected chi connectivity index (χ3v) is 2.84. The summed E-state index contributed by atoms with van der Waals surface area (Å²) in [6.45, 7) is 5.77. The van der Waals surface area contributed by atoms with Crippen LogP contribution in [0.5, 0.6) is 0 Å². The lowest BCUT2D eigenvalue weighted by atomic mass is 10.4. The van der Waals surface area contributed by atoms with E-state index < -0.39 is 0 Å². The highest BCUT2D eigenvalue weighted by atomic mass is 16.6. The lowest BCUT2D eigenvalue weighted by Crippen LogP contribution is -2.32. The van der Waals surface area contributed by atoms with E-state index in [0.29, 0.717) is 39.6 Å². The first kappa shape index (κ1) is 18.0. The van der Waals surface area contributed by atoms with Crippen LogP contribution >= 0.6 is 0 Å². The van der Waals surface area contributed by atoms with Crippen molar-refractivity contribution < 1.29 is 28.5 Å². The molecule has 1 fully saturated rings. The molecule has 0 aromatic heterocycles. The molecule has 1 saturated heterocycles. The number of carbonyl (C=O) groups is 2. The average molecular weight is 303 g/mol. The topological polar surface area (TPSA) is 74.3 Å². The number of rotatable bonds is 13. The van der Waals surface area contributed by atoms with Crippen LogP contribution in [0.2, 0.25) is 0 Å². The molecule has 0 unspecified atom stereocenters. The summed E-state index contributed by atoms with van der Waals surface area (Å²) in [5.41, 5.74) is 0. The minimum Gasteiger partial charge on any atom is -0.379 e. The molecule has 0 saturated carbocycles. The molecule has 1 heterocycles. The van der Waals surface area contributed by atoms with Gasteiger partial charge in [0.1, 0.15) is 6.73 Å². The van der Waals surface area contributed by atoms with E-state index in [1.54, 1.807) is 0 Å². The van der Waals surface area contributed by atoms with Crippen molar-refractivity contribution in [2.45, 2.75) is 26.2 Å². The first-order valence-corrected chi connectivity index (χ1v) is 7.40. The van der Waals surface area contributed by atoms with Gasteiger partial charge in [-0.2, -0.15) is 0 Å². The van der Waals surface area contributed by atoms with Gasteiger partial charge in [-0.05, 0) is 6.42 Å². The minimum atomic E-state index is -0.167. The zero-order chi connectivity index (χ0) is 15.3. The first-order chi connectivity index (χ1) is 10.3. The van der Waals surface area contributed by atoms with Gasteiger partial charge in [-0.1, -0.05) is 6.92 Å². The third kappa shape index (κ3) is 8.11. The van der Waals surface area contributed by atoms with Gasteiger partial charge in [0.25, 0.3) is 0 Å². The fourth-order valence-corrected chi connectivity index (χ4v) is 1.73. The van der Waals surface area contributed by atoms with E-state index in [-0.39, 0.29) is 31.4 Å². The average Bonchev–Trinajstić information content (AvgIpc) is 2.80. The lowest BCUT2D eigenvalue weighted by Gasteiger charge is -2.13. The lowest BCUT2D eigenvalue weighted by molar-refractivity contribution is -0.145. The molecule has 7 heteroatoms. The fourth-order valence-electron chi connectivity index (χ4n) is 1.73. The number of imide groups is 1. The summed E-state index contributed by atoms with van der Waals surface area (Å²) in [7, 11) is 0. The Morgan fingerprint density at radius 1 is 0.762 bits per heavy atom. The molecule has 1 aliphatic rings. The van der Waals surface area contributed by atoms with E-state index in [1.807, 2.05) is 0 Å². The Hall–Kier alpha value is -1.02. The van der Waals surface area contributed by atoms with Gasteiger partial charge >= 0.3 is 0 Å². The molecule has 7 nitrogen and oxygen atoms in total. The molecule has 122 valence electrons. The maximum Gasteiger partial charge on any atom is 0.231 e. The van der Waals surface area contributed by atoms with Crippen molar-refractivity contribution in [3.05, 3.63) is 0 Å². The summed E-state index contributed by atoms with van der Waals surface area (Å²) in [5.74, 6) is -0.334. The molecule has 1 aliphatic heterocycles. The second kappa shape index (κ2) is 11.6. The van der Waals surface area contributed by atoms with Gasteiger partial charge in [0.15, 0.2) is 0 Å². The van der Waals surface area contributed by atoms with E-state index in [2.05, 4.69) is 6.92 Å². The van der Waals surface area contributed by atoms with Crippen molar-refractivity contribution in [3.8, 4) is 0 Å².